The first-order valence-electron chi connectivity index (χ1n) is 7.06. The van der Waals surface area contributed by atoms with E-state index in [0.717, 1.165) is 24.8 Å². The number of sulfonamides is 1. The Kier molecular flexibility index (Phi) is 4.77. The standard InChI is InChI=1S/C15H22ClNO2S/c1-3-15(2)8-10-17(11-9-15)20(18,19)14-6-4-13(12-16)5-7-14/h4-7H,3,8-12H2,1-2H3. The van der Waals surface area contributed by atoms with Crippen molar-refractivity contribution in [2.75, 3.05) is 13.1 Å². The Morgan fingerprint density at radius 1 is 1.20 bits per heavy atom. The first-order valence-corrected chi connectivity index (χ1v) is 9.04. The van der Waals surface area contributed by atoms with Crippen molar-refractivity contribution in [2.24, 2.45) is 5.41 Å². The Morgan fingerprint density at radius 2 is 1.75 bits per heavy atom. The third kappa shape index (κ3) is 3.18. The van der Waals surface area contributed by atoms with Crippen LogP contribution in [0.3, 0.4) is 0 Å². The van der Waals surface area contributed by atoms with Gasteiger partial charge in [-0.2, -0.15) is 4.31 Å². The first kappa shape index (κ1) is 15.8. The molecule has 1 heterocycles. The van der Waals surface area contributed by atoms with Crippen LogP contribution in [-0.4, -0.2) is 25.8 Å². The number of benzene rings is 1. The SMILES string of the molecule is CCC1(C)CCN(S(=O)(=O)c2ccc(CCl)cc2)CC1. The number of hydrogen-bond donors (Lipinski definition) is 0. The zero-order valence-electron chi connectivity index (χ0n) is 12.1. The molecule has 1 aliphatic rings. The molecule has 3 nitrogen and oxygen atoms in total. The molecular formula is C15H22ClNO2S. The lowest BCUT2D eigenvalue weighted by atomic mass is 9.79. The Balaban J connectivity index is 2.15. The number of piperidine rings is 1. The second-order valence-electron chi connectivity index (χ2n) is 5.85. The zero-order valence-corrected chi connectivity index (χ0v) is 13.7. The normalized spacial score (nSPS) is 19.9. The van der Waals surface area contributed by atoms with Crippen molar-refractivity contribution in [3.63, 3.8) is 0 Å². The van der Waals surface area contributed by atoms with E-state index < -0.39 is 10.0 Å². The maximum Gasteiger partial charge on any atom is 0.243 e. The second-order valence-corrected chi connectivity index (χ2v) is 8.05. The molecule has 0 aliphatic carbocycles. The highest BCUT2D eigenvalue weighted by molar-refractivity contribution is 7.89. The van der Waals surface area contributed by atoms with Gasteiger partial charge >= 0.3 is 0 Å². The molecule has 0 atom stereocenters. The van der Waals surface area contributed by atoms with E-state index in [1.807, 2.05) is 0 Å². The number of nitrogens with zero attached hydrogens (tertiary/aromatic N) is 1. The fraction of sp³-hybridized carbons (Fsp3) is 0.600. The predicted octanol–water partition coefficient (Wildman–Crippen LogP) is 3.63. The molecule has 0 radical (unpaired) electrons. The van der Waals surface area contributed by atoms with E-state index in [1.165, 1.54) is 0 Å². The van der Waals surface area contributed by atoms with Gasteiger partial charge in [-0.25, -0.2) is 8.42 Å². The molecule has 0 spiro atoms. The molecule has 0 amide bonds. The van der Waals surface area contributed by atoms with Crippen molar-refractivity contribution in [1.29, 1.82) is 0 Å². The van der Waals surface area contributed by atoms with Crippen LogP contribution < -0.4 is 0 Å². The van der Waals surface area contributed by atoms with Crippen molar-refractivity contribution >= 4 is 21.6 Å². The minimum atomic E-state index is -3.36. The summed E-state index contributed by atoms with van der Waals surface area (Å²) in [6.07, 6.45) is 2.97. The van der Waals surface area contributed by atoms with Crippen molar-refractivity contribution in [2.45, 2.75) is 43.9 Å². The molecule has 1 fully saturated rings. The Labute approximate surface area is 127 Å². The van der Waals surface area contributed by atoms with Crippen LogP contribution in [-0.2, 0) is 15.9 Å². The lowest BCUT2D eigenvalue weighted by molar-refractivity contribution is 0.169. The summed E-state index contributed by atoms with van der Waals surface area (Å²) in [6.45, 7) is 5.65. The zero-order chi connectivity index (χ0) is 14.8. The van der Waals surface area contributed by atoms with Crippen molar-refractivity contribution in [3.8, 4) is 0 Å². The summed E-state index contributed by atoms with van der Waals surface area (Å²) in [5, 5.41) is 0. The third-order valence-electron chi connectivity index (χ3n) is 4.50. The molecule has 1 saturated heterocycles. The first-order chi connectivity index (χ1) is 9.41. The van der Waals surface area contributed by atoms with E-state index in [-0.39, 0.29) is 5.41 Å². The highest BCUT2D eigenvalue weighted by atomic mass is 35.5. The van der Waals surface area contributed by atoms with E-state index in [4.69, 9.17) is 11.6 Å². The predicted molar refractivity (Wildman–Crippen MR) is 82.4 cm³/mol. The molecule has 1 aliphatic heterocycles. The Hall–Kier alpha value is -0.580. The van der Waals surface area contributed by atoms with Crippen LogP contribution in [0.4, 0.5) is 0 Å². The Bertz CT molecular complexity index is 546. The topological polar surface area (TPSA) is 37.4 Å². The second kappa shape index (κ2) is 6.04. The van der Waals surface area contributed by atoms with Crippen LogP contribution in [0.5, 0.6) is 0 Å². The summed E-state index contributed by atoms with van der Waals surface area (Å²) in [6, 6.07) is 6.86. The van der Waals surface area contributed by atoms with Gasteiger partial charge in [0.05, 0.1) is 4.90 Å². The van der Waals surface area contributed by atoms with E-state index >= 15 is 0 Å². The van der Waals surface area contributed by atoms with Gasteiger partial charge in [-0.3, -0.25) is 0 Å². The Morgan fingerprint density at radius 3 is 2.20 bits per heavy atom. The molecular weight excluding hydrogens is 294 g/mol. The smallest absolute Gasteiger partial charge is 0.207 e. The fourth-order valence-corrected chi connectivity index (χ4v) is 4.14. The van der Waals surface area contributed by atoms with Crippen molar-refractivity contribution < 1.29 is 8.42 Å². The largest absolute Gasteiger partial charge is 0.243 e. The molecule has 0 saturated carbocycles. The van der Waals surface area contributed by atoms with Gasteiger partial charge in [0.25, 0.3) is 0 Å². The van der Waals surface area contributed by atoms with E-state index in [2.05, 4.69) is 13.8 Å². The number of halogens is 1. The van der Waals surface area contributed by atoms with Crippen LogP contribution in [0.1, 0.15) is 38.7 Å². The highest BCUT2D eigenvalue weighted by Gasteiger charge is 2.34. The van der Waals surface area contributed by atoms with Gasteiger partial charge in [-0.1, -0.05) is 32.4 Å². The number of alkyl halides is 1. The number of rotatable bonds is 4. The molecule has 112 valence electrons. The van der Waals surface area contributed by atoms with E-state index in [0.29, 0.717) is 23.9 Å². The molecule has 1 aromatic carbocycles. The average Bonchev–Trinajstić information content (AvgIpc) is 2.48. The van der Waals surface area contributed by atoms with Crippen LogP contribution in [0, 0.1) is 5.41 Å². The number of hydrogen-bond acceptors (Lipinski definition) is 2. The van der Waals surface area contributed by atoms with Gasteiger partial charge in [0.2, 0.25) is 10.0 Å². The van der Waals surface area contributed by atoms with Crippen molar-refractivity contribution in [3.05, 3.63) is 29.8 Å². The summed E-state index contributed by atoms with van der Waals surface area (Å²) >= 11 is 5.73. The van der Waals surface area contributed by atoms with Crippen LogP contribution in [0.15, 0.2) is 29.2 Å². The van der Waals surface area contributed by atoms with Crippen LogP contribution in [0.2, 0.25) is 0 Å². The summed E-state index contributed by atoms with van der Waals surface area (Å²) in [5.74, 6) is 0.402. The van der Waals surface area contributed by atoms with Gasteiger partial charge < -0.3 is 0 Å². The monoisotopic (exact) mass is 315 g/mol. The summed E-state index contributed by atoms with van der Waals surface area (Å²) in [4.78, 5) is 0.367. The fourth-order valence-electron chi connectivity index (χ4n) is 2.52. The minimum Gasteiger partial charge on any atom is -0.207 e. The molecule has 0 aromatic heterocycles. The molecule has 0 bridgehead atoms. The lowest BCUT2D eigenvalue weighted by Gasteiger charge is -2.38. The van der Waals surface area contributed by atoms with Gasteiger partial charge in [0.1, 0.15) is 0 Å². The van der Waals surface area contributed by atoms with E-state index in [9.17, 15) is 8.42 Å². The molecule has 5 heteroatoms. The van der Waals surface area contributed by atoms with E-state index in [1.54, 1.807) is 28.6 Å². The van der Waals surface area contributed by atoms with Crippen molar-refractivity contribution in [1.82, 2.24) is 4.31 Å². The minimum absolute atomic E-state index is 0.286. The quantitative estimate of drug-likeness (QED) is 0.796. The highest BCUT2D eigenvalue weighted by Crippen LogP contribution is 2.35. The maximum atomic E-state index is 12.6. The molecule has 1 aromatic rings. The summed E-state index contributed by atoms with van der Waals surface area (Å²) in [5.41, 5.74) is 1.22. The molecule has 0 unspecified atom stereocenters. The molecule has 0 N–H and O–H groups in total. The molecule has 2 rings (SSSR count). The average molecular weight is 316 g/mol. The van der Waals surface area contributed by atoms with Gasteiger partial charge in [0, 0.05) is 19.0 Å². The summed E-state index contributed by atoms with van der Waals surface area (Å²) in [7, 11) is -3.36. The van der Waals surface area contributed by atoms with Gasteiger partial charge in [-0.15, -0.1) is 11.6 Å². The van der Waals surface area contributed by atoms with Crippen LogP contribution in [0.25, 0.3) is 0 Å². The maximum absolute atomic E-state index is 12.6. The third-order valence-corrected chi connectivity index (χ3v) is 6.72. The lowest BCUT2D eigenvalue weighted by Crippen LogP contribution is -2.41. The summed E-state index contributed by atoms with van der Waals surface area (Å²) < 4.78 is 26.8. The van der Waals surface area contributed by atoms with Gasteiger partial charge in [-0.05, 0) is 36.0 Å². The van der Waals surface area contributed by atoms with Crippen LogP contribution >= 0.6 is 11.6 Å². The molecule has 20 heavy (non-hydrogen) atoms. The van der Waals surface area contributed by atoms with Gasteiger partial charge in [0.15, 0.2) is 0 Å².